The third-order valence-corrected chi connectivity index (χ3v) is 11.6. The summed E-state index contributed by atoms with van der Waals surface area (Å²) in [6.07, 6.45) is 0. The highest BCUT2D eigenvalue weighted by molar-refractivity contribution is 9.10. The zero-order chi connectivity index (χ0) is 33.0. The number of hydrogen-bond donors (Lipinski definition) is 0. The molecule has 0 radical (unpaired) electrons. The molecule has 1 fully saturated rings. The second-order valence-corrected chi connectivity index (χ2v) is 14.7. The van der Waals surface area contributed by atoms with Crippen LogP contribution in [0.1, 0.15) is 0 Å². The van der Waals surface area contributed by atoms with E-state index in [4.69, 9.17) is 9.98 Å². The number of hydrogen-bond acceptors (Lipinski definition) is 4. The number of thioether (sulfide) groups is 2. The van der Waals surface area contributed by atoms with E-state index in [-0.39, 0.29) is 0 Å². The number of fused-ring (bicyclic) bond motifs is 1. The van der Waals surface area contributed by atoms with Crippen molar-refractivity contribution < 1.29 is 0 Å². The first-order valence-electron chi connectivity index (χ1n) is 16.3. The monoisotopic (exact) mass is 730 g/mol. The zero-order valence-electron chi connectivity index (χ0n) is 26.6. The van der Waals surface area contributed by atoms with E-state index in [1.165, 1.54) is 21.9 Å². The Morgan fingerprint density at radius 2 is 0.898 bits per heavy atom. The normalized spacial score (nSPS) is 14.8. The van der Waals surface area contributed by atoms with Gasteiger partial charge in [0, 0.05) is 32.7 Å². The van der Waals surface area contributed by atoms with Gasteiger partial charge in [-0.3, -0.25) is 0 Å². The van der Waals surface area contributed by atoms with Gasteiger partial charge in [0.15, 0.2) is 0 Å². The molecule has 0 atom stereocenters. The number of nitrogens with zero attached hydrogens (tertiary/aromatic N) is 2. The third kappa shape index (κ3) is 6.67. The van der Waals surface area contributed by atoms with Gasteiger partial charge in [-0.1, -0.05) is 146 Å². The van der Waals surface area contributed by atoms with Gasteiger partial charge >= 0.3 is 0 Å². The molecule has 1 saturated heterocycles. The van der Waals surface area contributed by atoms with Crippen molar-refractivity contribution in [3.63, 3.8) is 0 Å². The lowest BCUT2D eigenvalue weighted by molar-refractivity contribution is 1.48. The number of rotatable bonds is 6. The quantitative estimate of drug-likeness (QED) is 0.170. The molecule has 5 heteroatoms. The van der Waals surface area contributed by atoms with Crippen molar-refractivity contribution in [1.29, 1.82) is 0 Å². The van der Waals surface area contributed by atoms with E-state index in [1.54, 1.807) is 23.5 Å². The molecule has 49 heavy (non-hydrogen) atoms. The lowest BCUT2D eigenvalue weighted by Crippen LogP contribution is -2.14. The van der Waals surface area contributed by atoms with Crippen LogP contribution >= 0.6 is 39.5 Å². The Kier molecular flexibility index (Phi) is 9.30. The van der Waals surface area contributed by atoms with E-state index in [2.05, 4.69) is 180 Å². The summed E-state index contributed by atoms with van der Waals surface area (Å²) in [4.78, 5) is 11.0. The molecule has 0 bridgehead atoms. The molecule has 0 N–H and O–H groups in total. The number of para-hydroxylation sites is 1. The summed E-state index contributed by atoms with van der Waals surface area (Å²) in [6.45, 7) is 0. The first-order valence-corrected chi connectivity index (χ1v) is 19.0. The van der Waals surface area contributed by atoms with E-state index >= 15 is 0 Å². The van der Waals surface area contributed by atoms with Crippen LogP contribution in [0.4, 0.5) is 11.4 Å². The first-order chi connectivity index (χ1) is 24.2. The van der Waals surface area contributed by atoms with Gasteiger partial charge < -0.3 is 0 Å². The number of halogens is 1. The molecule has 0 saturated carbocycles. The van der Waals surface area contributed by atoms with Crippen LogP contribution in [0.25, 0.3) is 55.3 Å². The largest absolute Gasteiger partial charge is 0.238 e. The second kappa shape index (κ2) is 14.4. The first kappa shape index (κ1) is 31.6. The highest BCUT2D eigenvalue weighted by Gasteiger charge is 2.22. The average molecular weight is 732 g/mol. The number of benzene rings is 7. The van der Waals surface area contributed by atoms with Gasteiger partial charge in [-0.2, -0.15) is 0 Å². The predicted octanol–water partition coefficient (Wildman–Crippen LogP) is 13.5. The fourth-order valence-electron chi connectivity index (χ4n) is 6.30. The van der Waals surface area contributed by atoms with Crippen LogP contribution in [0.3, 0.4) is 0 Å². The maximum atomic E-state index is 5.58. The van der Waals surface area contributed by atoms with Crippen molar-refractivity contribution >= 4 is 71.7 Å². The molecule has 236 valence electrons. The summed E-state index contributed by atoms with van der Waals surface area (Å²) < 4.78 is 0.961. The van der Waals surface area contributed by atoms with Gasteiger partial charge in [0.1, 0.15) is 10.1 Å². The van der Waals surface area contributed by atoms with Crippen LogP contribution in [0.15, 0.2) is 178 Å². The molecule has 0 aromatic heterocycles. The van der Waals surface area contributed by atoms with Crippen LogP contribution in [-0.4, -0.2) is 21.6 Å². The molecule has 8 rings (SSSR count). The van der Waals surface area contributed by atoms with Crippen molar-refractivity contribution in [3.8, 4) is 44.5 Å². The second-order valence-electron chi connectivity index (χ2n) is 11.7. The van der Waals surface area contributed by atoms with E-state index < -0.39 is 0 Å². The van der Waals surface area contributed by atoms with Crippen LogP contribution in [0.5, 0.6) is 0 Å². The molecule has 1 heterocycles. The Morgan fingerprint density at radius 1 is 0.408 bits per heavy atom. The van der Waals surface area contributed by atoms with Gasteiger partial charge in [-0.15, -0.1) is 23.5 Å². The highest BCUT2D eigenvalue weighted by atomic mass is 79.9. The van der Waals surface area contributed by atoms with Crippen molar-refractivity contribution in [2.75, 3.05) is 11.5 Å². The molecule has 2 nitrogen and oxygen atoms in total. The van der Waals surface area contributed by atoms with E-state index in [9.17, 15) is 0 Å². The van der Waals surface area contributed by atoms with Crippen LogP contribution in [0.2, 0.25) is 0 Å². The summed E-state index contributed by atoms with van der Waals surface area (Å²) >= 11 is 7.44. The van der Waals surface area contributed by atoms with Crippen LogP contribution in [0, 0.1) is 0 Å². The fraction of sp³-hybridized carbons (Fsp3) is 0.0455. The van der Waals surface area contributed by atoms with Gasteiger partial charge in [0.05, 0.1) is 11.4 Å². The molecule has 0 amide bonds. The van der Waals surface area contributed by atoms with Gasteiger partial charge in [0.25, 0.3) is 0 Å². The zero-order valence-corrected chi connectivity index (χ0v) is 29.8. The molecule has 0 aliphatic carbocycles. The SMILES string of the molecule is Brc1cccc(-c2cccc3ccccc23)c1N=C1SCCSC1=Nc1c(-c2ccccc2)cc(-c2ccccc2)cc1-c1ccccc1. The molecule has 1 aliphatic rings. The standard InChI is InChI=1S/C44H31BrN2S2/c45-40-25-13-24-37(36-23-12-21-31-20-10-11-22-35(31)36)42(40)47-44-43(48-26-27-49-44)46-41-38(32-16-6-2-7-17-32)28-34(30-14-4-1-5-15-30)29-39(41)33-18-8-3-9-19-33/h1-25,28-29H,26-27H2. The Labute approximate surface area is 304 Å². The van der Waals surface area contributed by atoms with Gasteiger partial charge in [-0.25, -0.2) is 9.98 Å². The summed E-state index contributed by atoms with van der Waals surface area (Å²) in [6, 6.07) is 57.8. The molecule has 0 unspecified atom stereocenters. The number of aliphatic imine (C=N–C) groups is 2. The predicted molar refractivity (Wildman–Crippen MR) is 219 cm³/mol. The van der Waals surface area contributed by atoms with Crippen LogP contribution < -0.4 is 0 Å². The maximum Gasteiger partial charge on any atom is 0.129 e. The van der Waals surface area contributed by atoms with Crippen molar-refractivity contribution in [2.45, 2.75) is 0 Å². The van der Waals surface area contributed by atoms with Crippen LogP contribution in [-0.2, 0) is 0 Å². The Morgan fingerprint density at radius 3 is 1.53 bits per heavy atom. The Bertz CT molecular complexity index is 2270. The summed E-state index contributed by atoms with van der Waals surface area (Å²) in [5, 5.41) is 4.30. The topological polar surface area (TPSA) is 24.7 Å². The lowest BCUT2D eigenvalue weighted by atomic mass is 9.91. The molecule has 7 aromatic carbocycles. The minimum Gasteiger partial charge on any atom is -0.238 e. The van der Waals surface area contributed by atoms with E-state index in [0.717, 1.165) is 70.8 Å². The summed E-state index contributed by atoms with van der Waals surface area (Å²) in [7, 11) is 0. The van der Waals surface area contributed by atoms with Crippen molar-refractivity contribution in [2.24, 2.45) is 9.98 Å². The van der Waals surface area contributed by atoms with Crippen molar-refractivity contribution in [1.82, 2.24) is 0 Å². The van der Waals surface area contributed by atoms with E-state index in [0.29, 0.717) is 0 Å². The minimum absolute atomic E-state index is 0.919. The van der Waals surface area contributed by atoms with Crippen molar-refractivity contribution in [3.05, 3.63) is 168 Å². The van der Waals surface area contributed by atoms with Gasteiger partial charge in [-0.05, 0) is 72.7 Å². The van der Waals surface area contributed by atoms with E-state index in [1.807, 2.05) is 0 Å². The molecule has 0 spiro atoms. The minimum atomic E-state index is 0.919. The van der Waals surface area contributed by atoms with Gasteiger partial charge in [0.2, 0.25) is 0 Å². The summed E-state index contributed by atoms with van der Waals surface area (Å²) in [5.74, 6) is 1.94. The Hall–Kier alpha value is -4.68. The highest BCUT2D eigenvalue weighted by Crippen LogP contribution is 2.45. The fourth-order valence-corrected chi connectivity index (χ4v) is 8.81. The molecular formula is C44H31BrN2S2. The summed E-state index contributed by atoms with van der Waals surface area (Å²) in [5.41, 5.74) is 10.9. The Balaban J connectivity index is 1.34. The molecule has 1 aliphatic heterocycles. The lowest BCUT2D eigenvalue weighted by Gasteiger charge is -2.20. The smallest absolute Gasteiger partial charge is 0.129 e. The third-order valence-electron chi connectivity index (χ3n) is 8.62. The molecule has 7 aromatic rings. The maximum absolute atomic E-state index is 5.58. The molecular weight excluding hydrogens is 701 g/mol. The average Bonchev–Trinajstić information content (AvgIpc) is 3.17.